The van der Waals surface area contributed by atoms with Gasteiger partial charge in [0, 0.05) is 0 Å². The molecule has 0 aliphatic rings. The molecule has 3 aromatic heterocycles. The Morgan fingerprint density at radius 1 is 1.00 bits per heavy atom. The predicted octanol–water partition coefficient (Wildman–Crippen LogP) is 3.46. The van der Waals surface area contributed by atoms with Crippen LogP contribution in [0.15, 0.2) is 78.3 Å². The minimum absolute atomic E-state index is 0.172. The Morgan fingerprint density at radius 3 is 2.57 bits per heavy atom. The quantitative estimate of drug-likeness (QED) is 0.324. The van der Waals surface area contributed by atoms with Gasteiger partial charge in [-0.05, 0) is 18.1 Å². The highest BCUT2D eigenvalue weighted by molar-refractivity contribution is 5.98. The average Bonchev–Trinajstić information content (AvgIpc) is 3.39. The molecular formula is C22H19N7O. The molecule has 148 valence electrons. The van der Waals surface area contributed by atoms with Crippen molar-refractivity contribution < 1.29 is 4.84 Å². The number of nitrogens with zero attached hydrogens (tertiary/aromatic N) is 7. The third kappa shape index (κ3) is 3.50. The van der Waals surface area contributed by atoms with E-state index in [9.17, 15) is 0 Å². The van der Waals surface area contributed by atoms with Gasteiger partial charge in [0.05, 0.1) is 23.8 Å². The lowest BCUT2D eigenvalue weighted by molar-refractivity contribution is 0.125. The van der Waals surface area contributed by atoms with Gasteiger partial charge >= 0.3 is 0 Å². The van der Waals surface area contributed by atoms with Crippen molar-refractivity contribution in [3.8, 4) is 0 Å². The summed E-state index contributed by atoms with van der Waals surface area (Å²) >= 11 is 0. The first-order valence-electron chi connectivity index (χ1n) is 9.59. The van der Waals surface area contributed by atoms with Gasteiger partial charge in [-0.2, -0.15) is 5.10 Å². The Balaban J connectivity index is 1.37. The highest BCUT2D eigenvalue weighted by Gasteiger charge is 2.13. The molecule has 8 heteroatoms. The van der Waals surface area contributed by atoms with E-state index in [1.807, 2.05) is 60.1 Å². The van der Waals surface area contributed by atoms with Crippen molar-refractivity contribution in [1.29, 1.82) is 0 Å². The lowest BCUT2D eigenvalue weighted by Crippen LogP contribution is -2.03. The number of hydrogen-bond donors (Lipinski definition) is 0. The summed E-state index contributed by atoms with van der Waals surface area (Å²) in [6.45, 7) is 2.72. The molecule has 0 unspecified atom stereocenters. The number of rotatable bonds is 6. The third-order valence-corrected chi connectivity index (χ3v) is 4.78. The molecule has 2 aromatic carbocycles. The van der Waals surface area contributed by atoms with E-state index in [4.69, 9.17) is 4.84 Å². The highest BCUT2D eigenvalue weighted by atomic mass is 16.6. The zero-order valence-corrected chi connectivity index (χ0v) is 16.4. The summed E-state index contributed by atoms with van der Waals surface area (Å²) in [5.74, 6) is 0.532. The fraction of sp³-hybridized carbons (Fsp3) is 0.136. The van der Waals surface area contributed by atoms with Crippen LogP contribution in [-0.4, -0.2) is 35.1 Å². The molecule has 0 spiro atoms. The predicted molar refractivity (Wildman–Crippen MR) is 113 cm³/mol. The average molecular weight is 397 g/mol. The summed E-state index contributed by atoms with van der Waals surface area (Å²) in [7, 11) is 0. The summed E-state index contributed by atoms with van der Waals surface area (Å²) < 4.78 is 3.51. The Hall–Kier alpha value is -4.07. The fourth-order valence-electron chi connectivity index (χ4n) is 3.27. The first-order chi connectivity index (χ1) is 14.8. The van der Waals surface area contributed by atoms with Crippen molar-refractivity contribution in [3.63, 3.8) is 0 Å². The minimum Gasteiger partial charge on any atom is -0.387 e. The first-order valence-corrected chi connectivity index (χ1v) is 9.59. The van der Waals surface area contributed by atoms with Crippen LogP contribution in [0.3, 0.4) is 0 Å². The van der Waals surface area contributed by atoms with Gasteiger partial charge in [0.1, 0.15) is 6.33 Å². The van der Waals surface area contributed by atoms with Crippen LogP contribution >= 0.6 is 0 Å². The molecular weight excluding hydrogens is 378 g/mol. The summed E-state index contributed by atoms with van der Waals surface area (Å²) in [6.07, 6.45) is 3.42. The van der Waals surface area contributed by atoms with Gasteiger partial charge in [-0.25, -0.2) is 19.2 Å². The van der Waals surface area contributed by atoms with E-state index >= 15 is 0 Å². The molecule has 0 radical (unpaired) electrons. The van der Waals surface area contributed by atoms with E-state index in [1.165, 1.54) is 0 Å². The molecule has 5 rings (SSSR count). The van der Waals surface area contributed by atoms with E-state index in [-0.39, 0.29) is 6.61 Å². The third-order valence-electron chi connectivity index (χ3n) is 4.78. The van der Waals surface area contributed by atoms with E-state index in [1.54, 1.807) is 17.0 Å². The standard InChI is InChI=1S/C22H19N7O/c1-16(18-10-6-3-7-11-18)27-30-14-20-25-22-19-12-24-28(13-17-8-4-2-5-9-17)21(19)23-15-29(22)26-20/h2-12,15H,13-14H2,1H3/b27-16+. The van der Waals surface area contributed by atoms with E-state index < -0.39 is 0 Å². The number of aromatic nitrogens is 6. The van der Waals surface area contributed by atoms with Gasteiger partial charge in [-0.3, -0.25) is 0 Å². The number of benzene rings is 2. The van der Waals surface area contributed by atoms with Crippen LogP contribution in [0.2, 0.25) is 0 Å². The molecule has 3 heterocycles. The maximum atomic E-state index is 5.47. The van der Waals surface area contributed by atoms with E-state index in [0.717, 1.165) is 27.9 Å². The van der Waals surface area contributed by atoms with Crippen LogP contribution < -0.4 is 0 Å². The second-order valence-corrected chi connectivity index (χ2v) is 6.88. The maximum Gasteiger partial charge on any atom is 0.192 e. The molecule has 0 saturated heterocycles. The lowest BCUT2D eigenvalue weighted by Gasteiger charge is -2.02. The first kappa shape index (κ1) is 18.0. The lowest BCUT2D eigenvalue weighted by atomic mass is 10.1. The SMILES string of the molecule is C/C(=N\OCc1nc2c3cnn(Cc4ccccc4)c3ncn2n1)c1ccccc1. The molecule has 0 N–H and O–H groups in total. The van der Waals surface area contributed by atoms with Crippen molar-refractivity contribution in [2.75, 3.05) is 0 Å². The van der Waals surface area contributed by atoms with Crippen LogP contribution in [0.1, 0.15) is 23.9 Å². The second-order valence-electron chi connectivity index (χ2n) is 6.88. The maximum absolute atomic E-state index is 5.47. The van der Waals surface area contributed by atoms with Gasteiger partial charge in [0.2, 0.25) is 0 Å². The van der Waals surface area contributed by atoms with Crippen molar-refractivity contribution in [2.24, 2.45) is 5.16 Å². The van der Waals surface area contributed by atoms with Gasteiger partial charge in [-0.15, -0.1) is 5.10 Å². The summed E-state index contributed by atoms with van der Waals surface area (Å²) in [5, 5.41) is 13.9. The van der Waals surface area contributed by atoms with Crippen LogP contribution in [0.4, 0.5) is 0 Å². The van der Waals surface area contributed by atoms with Crippen LogP contribution in [0.5, 0.6) is 0 Å². The molecule has 0 fully saturated rings. The molecule has 0 amide bonds. The van der Waals surface area contributed by atoms with Crippen molar-refractivity contribution in [3.05, 3.63) is 90.1 Å². The Bertz CT molecular complexity index is 1320. The Labute approximate surface area is 172 Å². The Morgan fingerprint density at radius 2 is 1.77 bits per heavy atom. The van der Waals surface area contributed by atoms with Crippen LogP contribution in [-0.2, 0) is 18.0 Å². The van der Waals surface area contributed by atoms with Crippen LogP contribution in [0, 0.1) is 0 Å². The smallest absolute Gasteiger partial charge is 0.192 e. The van der Waals surface area contributed by atoms with Gasteiger partial charge < -0.3 is 4.84 Å². The van der Waals surface area contributed by atoms with Gasteiger partial charge in [0.25, 0.3) is 0 Å². The largest absolute Gasteiger partial charge is 0.387 e. The minimum atomic E-state index is 0.172. The fourth-order valence-corrected chi connectivity index (χ4v) is 3.27. The molecule has 0 aliphatic carbocycles. The molecule has 0 aliphatic heterocycles. The molecule has 5 aromatic rings. The highest BCUT2D eigenvalue weighted by Crippen LogP contribution is 2.17. The molecule has 0 saturated carbocycles. The van der Waals surface area contributed by atoms with E-state index in [0.29, 0.717) is 18.0 Å². The van der Waals surface area contributed by atoms with Crippen LogP contribution in [0.25, 0.3) is 16.7 Å². The number of oxime groups is 1. The molecule has 0 atom stereocenters. The Kier molecular flexibility index (Phi) is 4.65. The summed E-state index contributed by atoms with van der Waals surface area (Å²) in [6, 6.07) is 20.0. The molecule has 30 heavy (non-hydrogen) atoms. The van der Waals surface area contributed by atoms with Gasteiger partial charge in [-0.1, -0.05) is 65.8 Å². The molecule has 0 bridgehead atoms. The second kappa shape index (κ2) is 7.75. The van der Waals surface area contributed by atoms with Crippen molar-refractivity contribution in [1.82, 2.24) is 29.4 Å². The number of hydrogen-bond acceptors (Lipinski definition) is 6. The summed E-state index contributed by atoms with van der Waals surface area (Å²) in [4.78, 5) is 14.6. The topological polar surface area (TPSA) is 82.5 Å². The van der Waals surface area contributed by atoms with Crippen molar-refractivity contribution in [2.45, 2.75) is 20.1 Å². The number of fused-ring (bicyclic) bond motifs is 3. The zero-order valence-electron chi connectivity index (χ0n) is 16.4. The van der Waals surface area contributed by atoms with E-state index in [2.05, 4.69) is 37.5 Å². The molecule has 8 nitrogen and oxygen atoms in total. The van der Waals surface area contributed by atoms with Gasteiger partial charge in [0.15, 0.2) is 23.7 Å². The monoisotopic (exact) mass is 397 g/mol. The zero-order chi connectivity index (χ0) is 20.3. The normalized spacial score (nSPS) is 12.0. The summed E-state index contributed by atoms with van der Waals surface area (Å²) in [5.41, 5.74) is 4.43. The van der Waals surface area contributed by atoms with Crippen molar-refractivity contribution >= 4 is 22.4 Å².